The average molecular weight is 333 g/mol. The smallest absolute Gasteiger partial charge is 0.225 e. The third-order valence-corrected chi connectivity index (χ3v) is 3.47. The quantitative estimate of drug-likeness (QED) is 0.855. The summed E-state index contributed by atoms with van der Waals surface area (Å²) in [5.41, 5.74) is 1.55. The molecule has 0 aliphatic carbocycles. The molecule has 0 bridgehead atoms. The number of amides is 1. The van der Waals surface area contributed by atoms with E-state index in [1.165, 1.54) is 0 Å². The van der Waals surface area contributed by atoms with Gasteiger partial charge in [0.2, 0.25) is 5.91 Å². The molecule has 0 atom stereocenters. The third kappa shape index (κ3) is 5.04. The Morgan fingerprint density at radius 1 is 1.35 bits per heavy atom. The van der Waals surface area contributed by atoms with Crippen LogP contribution in [-0.4, -0.2) is 24.2 Å². The van der Waals surface area contributed by atoms with Crippen molar-refractivity contribution in [3.63, 3.8) is 0 Å². The van der Waals surface area contributed by atoms with Gasteiger partial charge >= 0.3 is 0 Å². The van der Waals surface area contributed by atoms with Crippen molar-refractivity contribution in [2.24, 2.45) is 0 Å². The van der Waals surface area contributed by atoms with Crippen LogP contribution in [-0.2, 0) is 11.2 Å². The van der Waals surface area contributed by atoms with Crippen LogP contribution < -0.4 is 10.1 Å². The monoisotopic (exact) mass is 332 g/mol. The van der Waals surface area contributed by atoms with E-state index in [-0.39, 0.29) is 25.5 Å². The van der Waals surface area contributed by atoms with Gasteiger partial charge in [-0.3, -0.25) is 4.79 Å². The minimum atomic E-state index is -0.124. The predicted molar refractivity (Wildman–Crippen MR) is 87.4 cm³/mol. The van der Waals surface area contributed by atoms with Crippen molar-refractivity contribution in [2.75, 3.05) is 13.2 Å². The van der Waals surface area contributed by atoms with Gasteiger partial charge in [-0.2, -0.15) is 0 Å². The Labute approximate surface area is 140 Å². The maximum atomic E-state index is 11.8. The number of nitrogens with zero attached hydrogens (tertiary/aromatic N) is 1. The SMILES string of the molecule is Cc1noc(C)c1CC(=O)NCC#CCOc1ccccc1Cl. The zero-order valence-electron chi connectivity index (χ0n) is 13.0. The number of hydrogen-bond donors (Lipinski definition) is 1. The summed E-state index contributed by atoms with van der Waals surface area (Å²) >= 11 is 5.96. The Bertz CT molecular complexity index is 724. The molecule has 1 heterocycles. The fraction of sp³-hybridized carbons (Fsp3) is 0.294. The summed E-state index contributed by atoms with van der Waals surface area (Å²) in [4.78, 5) is 11.8. The molecule has 5 nitrogen and oxygen atoms in total. The van der Waals surface area contributed by atoms with Crippen molar-refractivity contribution in [3.05, 3.63) is 46.3 Å². The number of hydrogen-bond acceptors (Lipinski definition) is 4. The van der Waals surface area contributed by atoms with Crippen LogP contribution in [0.25, 0.3) is 0 Å². The van der Waals surface area contributed by atoms with Crippen molar-refractivity contribution in [2.45, 2.75) is 20.3 Å². The Kier molecular flexibility index (Phi) is 6.07. The van der Waals surface area contributed by atoms with Crippen LogP contribution in [0.1, 0.15) is 17.0 Å². The molecule has 0 radical (unpaired) electrons. The number of carbonyl (C=O) groups excluding carboxylic acids is 1. The Morgan fingerprint density at radius 2 is 2.13 bits per heavy atom. The Morgan fingerprint density at radius 3 is 2.83 bits per heavy atom. The summed E-state index contributed by atoms with van der Waals surface area (Å²) in [5, 5.41) is 7.08. The minimum absolute atomic E-state index is 0.124. The molecule has 2 aromatic rings. The van der Waals surface area contributed by atoms with Crippen LogP contribution in [0.15, 0.2) is 28.8 Å². The van der Waals surface area contributed by atoms with Crippen LogP contribution in [0.5, 0.6) is 5.75 Å². The number of benzene rings is 1. The molecular weight excluding hydrogens is 316 g/mol. The number of para-hydroxylation sites is 1. The zero-order valence-corrected chi connectivity index (χ0v) is 13.7. The van der Waals surface area contributed by atoms with E-state index in [1.807, 2.05) is 19.1 Å². The number of aryl methyl sites for hydroxylation is 2. The summed E-state index contributed by atoms with van der Waals surface area (Å²) in [5.74, 6) is 6.78. The van der Waals surface area contributed by atoms with Gasteiger partial charge in [0.25, 0.3) is 0 Å². The topological polar surface area (TPSA) is 64.4 Å². The van der Waals surface area contributed by atoms with Crippen LogP contribution in [0.3, 0.4) is 0 Å². The van der Waals surface area contributed by atoms with Crippen LogP contribution in [0.4, 0.5) is 0 Å². The van der Waals surface area contributed by atoms with Gasteiger partial charge in [-0.1, -0.05) is 40.7 Å². The summed E-state index contributed by atoms with van der Waals surface area (Å²) in [6, 6.07) is 7.19. The molecule has 0 fully saturated rings. The van der Waals surface area contributed by atoms with E-state index in [0.29, 0.717) is 16.5 Å². The fourth-order valence-corrected chi connectivity index (χ4v) is 2.10. The van der Waals surface area contributed by atoms with Gasteiger partial charge in [-0.05, 0) is 26.0 Å². The fourth-order valence-electron chi connectivity index (χ4n) is 1.91. The second-order valence-corrected chi connectivity index (χ2v) is 5.24. The second kappa shape index (κ2) is 8.25. The van der Waals surface area contributed by atoms with Gasteiger partial charge in [0.1, 0.15) is 18.1 Å². The number of halogens is 1. The molecule has 0 unspecified atom stereocenters. The van der Waals surface area contributed by atoms with Crippen molar-refractivity contribution in [3.8, 4) is 17.6 Å². The highest BCUT2D eigenvalue weighted by Crippen LogP contribution is 2.22. The molecule has 0 saturated heterocycles. The molecular formula is C17H17ClN2O3. The molecule has 1 aromatic heterocycles. The molecule has 0 aliphatic rings. The summed E-state index contributed by atoms with van der Waals surface area (Å²) in [6.07, 6.45) is 0.235. The molecule has 23 heavy (non-hydrogen) atoms. The molecule has 1 amide bonds. The van der Waals surface area contributed by atoms with Crippen molar-refractivity contribution in [1.29, 1.82) is 0 Å². The van der Waals surface area contributed by atoms with E-state index in [2.05, 4.69) is 22.3 Å². The highest BCUT2D eigenvalue weighted by Gasteiger charge is 2.12. The molecule has 6 heteroatoms. The lowest BCUT2D eigenvalue weighted by Gasteiger charge is -2.03. The van der Waals surface area contributed by atoms with Crippen LogP contribution in [0.2, 0.25) is 5.02 Å². The van der Waals surface area contributed by atoms with Crippen LogP contribution in [0, 0.1) is 25.7 Å². The van der Waals surface area contributed by atoms with E-state index >= 15 is 0 Å². The average Bonchev–Trinajstić information content (AvgIpc) is 2.84. The van der Waals surface area contributed by atoms with Gasteiger partial charge in [0, 0.05) is 5.56 Å². The normalized spacial score (nSPS) is 9.87. The molecule has 2 rings (SSSR count). The molecule has 0 spiro atoms. The number of aromatic nitrogens is 1. The summed E-state index contributed by atoms with van der Waals surface area (Å²) < 4.78 is 10.4. The van der Waals surface area contributed by atoms with Gasteiger partial charge < -0.3 is 14.6 Å². The van der Waals surface area contributed by atoms with Gasteiger partial charge in [0.05, 0.1) is 23.7 Å². The molecule has 1 N–H and O–H groups in total. The third-order valence-electron chi connectivity index (χ3n) is 3.15. The number of nitrogens with one attached hydrogen (secondary N) is 1. The largest absolute Gasteiger partial charge is 0.479 e. The van der Waals surface area contributed by atoms with E-state index < -0.39 is 0 Å². The lowest BCUT2D eigenvalue weighted by Crippen LogP contribution is -2.25. The van der Waals surface area contributed by atoms with Crippen molar-refractivity contribution < 1.29 is 14.1 Å². The number of rotatable bonds is 5. The Balaban J connectivity index is 1.71. The van der Waals surface area contributed by atoms with Crippen molar-refractivity contribution >= 4 is 17.5 Å². The first kappa shape index (κ1) is 16.9. The van der Waals surface area contributed by atoms with E-state index in [9.17, 15) is 4.79 Å². The van der Waals surface area contributed by atoms with E-state index in [0.717, 1.165) is 11.3 Å². The first-order valence-corrected chi connectivity index (χ1v) is 7.47. The first-order chi connectivity index (χ1) is 11.1. The predicted octanol–water partition coefficient (Wildman–Crippen LogP) is 2.69. The molecule has 0 aliphatic heterocycles. The number of carbonyl (C=O) groups is 1. The second-order valence-electron chi connectivity index (χ2n) is 4.83. The van der Waals surface area contributed by atoms with Gasteiger partial charge in [0.15, 0.2) is 0 Å². The molecule has 120 valence electrons. The zero-order chi connectivity index (χ0) is 16.7. The maximum Gasteiger partial charge on any atom is 0.225 e. The summed E-state index contributed by atoms with van der Waals surface area (Å²) in [7, 11) is 0. The highest BCUT2D eigenvalue weighted by molar-refractivity contribution is 6.32. The van der Waals surface area contributed by atoms with E-state index in [1.54, 1.807) is 19.1 Å². The summed E-state index contributed by atoms with van der Waals surface area (Å²) in [6.45, 7) is 4.07. The maximum absolute atomic E-state index is 11.8. The first-order valence-electron chi connectivity index (χ1n) is 7.09. The number of ether oxygens (including phenoxy) is 1. The highest BCUT2D eigenvalue weighted by atomic mass is 35.5. The Hall–Kier alpha value is -2.45. The lowest BCUT2D eigenvalue weighted by molar-refractivity contribution is -0.120. The van der Waals surface area contributed by atoms with Gasteiger partial charge in [-0.25, -0.2) is 0 Å². The van der Waals surface area contributed by atoms with Crippen LogP contribution >= 0.6 is 11.6 Å². The molecule has 0 saturated carbocycles. The molecule has 1 aromatic carbocycles. The minimum Gasteiger partial charge on any atom is -0.479 e. The standard InChI is InChI=1S/C17H17ClN2O3/c1-12-14(13(2)23-20-12)11-17(21)19-9-5-6-10-22-16-8-4-3-7-15(16)18/h3-4,7-8H,9-11H2,1-2H3,(H,19,21). The van der Waals surface area contributed by atoms with Gasteiger partial charge in [-0.15, -0.1) is 0 Å². The van der Waals surface area contributed by atoms with Crippen molar-refractivity contribution in [1.82, 2.24) is 10.5 Å². The lowest BCUT2D eigenvalue weighted by atomic mass is 10.1. The van der Waals surface area contributed by atoms with E-state index in [4.69, 9.17) is 20.9 Å².